The first kappa shape index (κ1) is 13.1. The third-order valence-corrected chi connectivity index (χ3v) is 4.72. The molecule has 0 radical (unpaired) electrons. The Bertz CT molecular complexity index is 788. The van der Waals surface area contributed by atoms with Crippen LogP contribution in [0.15, 0.2) is 31.0 Å². The van der Waals surface area contributed by atoms with Gasteiger partial charge in [-0.05, 0) is 31.0 Å². The van der Waals surface area contributed by atoms with Gasteiger partial charge in [0.25, 0.3) is 0 Å². The number of hydrogen-bond donors (Lipinski definition) is 1. The van der Waals surface area contributed by atoms with E-state index >= 15 is 0 Å². The minimum atomic E-state index is 0.525. The first-order valence-corrected chi connectivity index (χ1v) is 7.86. The maximum absolute atomic E-state index is 9.10. The van der Waals surface area contributed by atoms with Gasteiger partial charge in [0.1, 0.15) is 5.82 Å². The second kappa shape index (κ2) is 5.03. The predicted octanol–water partition coefficient (Wildman–Crippen LogP) is 4.19. The second-order valence-corrected chi connectivity index (χ2v) is 6.12. The van der Waals surface area contributed by atoms with Gasteiger partial charge in [0.2, 0.25) is 0 Å². The van der Waals surface area contributed by atoms with E-state index in [1.807, 2.05) is 24.4 Å². The summed E-state index contributed by atoms with van der Waals surface area (Å²) in [6.07, 6.45) is 8.24. The molecule has 0 bridgehead atoms. The summed E-state index contributed by atoms with van der Waals surface area (Å²) in [5.41, 5.74) is 4.53. The van der Waals surface area contributed by atoms with Crippen LogP contribution < -0.4 is 5.32 Å². The predicted molar refractivity (Wildman–Crippen MR) is 86.8 cm³/mol. The zero-order chi connectivity index (χ0) is 15.1. The second-order valence-electron chi connectivity index (χ2n) is 6.12. The van der Waals surface area contributed by atoms with Gasteiger partial charge in [0.05, 0.1) is 40.6 Å². The number of aromatic nitrogens is 2. The quantitative estimate of drug-likeness (QED) is 0.856. The molecule has 4 rings (SSSR count). The number of rotatable bonds is 1. The Kier molecular flexibility index (Phi) is 3.00. The number of nitrogens with one attached hydrogen (secondary N) is 1. The minimum absolute atomic E-state index is 0.525. The van der Waals surface area contributed by atoms with Gasteiger partial charge in [-0.3, -0.25) is 4.57 Å². The summed E-state index contributed by atoms with van der Waals surface area (Å²) in [4.78, 5) is 4.71. The van der Waals surface area contributed by atoms with Crippen LogP contribution in [0.3, 0.4) is 0 Å². The molecule has 22 heavy (non-hydrogen) atoms. The lowest BCUT2D eigenvalue weighted by atomic mass is 9.88. The van der Waals surface area contributed by atoms with E-state index in [9.17, 15) is 0 Å². The summed E-state index contributed by atoms with van der Waals surface area (Å²) in [6.45, 7) is 4.11. The number of fused-ring (bicyclic) bond motifs is 3. The molecular weight excluding hydrogens is 272 g/mol. The SMILES string of the molecule is C=C1Nc2cc(C#N)ccc2-n2c1cnc2C1CCCCC1. The molecule has 0 unspecified atom stereocenters. The van der Waals surface area contributed by atoms with Gasteiger partial charge in [-0.1, -0.05) is 25.8 Å². The molecule has 4 heteroatoms. The normalized spacial score (nSPS) is 17.3. The van der Waals surface area contributed by atoms with Crippen molar-refractivity contribution in [2.75, 3.05) is 5.32 Å². The van der Waals surface area contributed by atoms with Crippen LogP contribution in [-0.4, -0.2) is 9.55 Å². The molecular formula is C18H18N4. The Labute approximate surface area is 130 Å². The van der Waals surface area contributed by atoms with Crippen LogP contribution in [0.4, 0.5) is 5.69 Å². The lowest BCUT2D eigenvalue weighted by Crippen LogP contribution is -2.18. The molecule has 0 amide bonds. The van der Waals surface area contributed by atoms with E-state index < -0.39 is 0 Å². The van der Waals surface area contributed by atoms with Gasteiger partial charge in [0.15, 0.2) is 0 Å². The molecule has 4 nitrogen and oxygen atoms in total. The van der Waals surface area contributed by atoms with Crippen molar-refractivity contribution in [1.29, 1.82) is 5.26 Å². The average molecular weight is 290 g/mol. The maximum atomic E-state index is 9.10. The highest BCUT2D eigenvalue weighted by Gasteiger charge is 2.27. The van der Waals surface area contributed by atoms with Gasteiger partial charge in [0, 0.05) is 5.92 Å². The van der Waals surface area contributed by atoms with E-state index in [2.05, 4.69) is 22.5 Å². The number of hydrogen-bond acceptors (Lipinski definition) is 3. The van der Waals surface area contributed by atoms with E-state index in [0.29, 0.717) is 11.5 Å². The summed E-state index contributed by atoms with van der Waals surface area (Å²) < 4.78 is 2.23. The highest BCUT2D eigenvalue weighted by atomic mass is 15.2. The summed E-state index contributed by atoms with van der Waals surface area (Å²) in [6, 6.07) is 7.95. The standard InChI is InChI=1S/C18H18N4/c1-12-17-11-20-18(14-5-3-2-4-6-14)22(17)16-8-7-13(10-19)9-15(16)21-12/h7-9,11,14,21H,1-6H2. The molecule has 1 aromatic carbocycles. The van der Waals surface area contributed by atoms with Crippen LogP contribution in [0.1, 0.15) is 55.1 Å². The molecule has 0 spiro atoms. The first-order chi connectivity index (χ1) is 10.8. The summed E-state index contributed by atoms with van der Waals surface area (Å²) in [5, 5.41) is 12.4. The fourth-order valence-electron chi connectivity index (χ4n) is 3.61. The summed E-state index contributed by atoms with van der Waals surface area (Å²) in [5.74, 6) is 1.67. The zero-order valence-corrected chi connectivity index (χ0v) is 12.5. The largest absolute Gasteiger partial charge is 0.353 e. The first-order valence-electron chi connectivity index (χ1n) is 7.86. The molecule has 2 aromatic rings. The average Bonchev–Trinajstić information content (AvgIpc) is 3.01. The van der Waals surface area contributed by atoms with Crippen LogP contribution in [0, 0.1) is 11.3 Å². The molecule has 2 heterocycles. The van der Waals surface area contributed by atoms with Crippen molar-refractivity contribution in [3.8, 4) is 11.8 Å². The number of nitrogens with zero attached hydrogens (tertiary/aromatic N) is 3. The van der Waals surface area contributed by atoms with E-state index in [1.165, 1.54) is 32.1 Å². The van der Waals surface area contributed by atoms with E-state index in [-0.39, 0.29) is 0 Å². The number of benzene rings is 1. The van der Waals surface area contributed by atoms with Gasteiger partial charge in [-0.25, -0.2) is 4.98 Å². The molecule has 1 N–H and O–H groups in total. The van der Waals surface area contributed by atoms with Crippen molar-refractivity contribution < 1.29 is 0 Å². The molecule has 110 valence electrons. The number of imidazole rings is 1. The van der Waals surface area contributed by atoms with E-state index in [1.54, 1.807) is 0 Å². The number of anilines is 1. The lowest BCUT2D eigenvalue weighted by molar-refractivity contribution is 0.425. The van der Waals surface area contributed by atoms with Gasteiger partial charge < -0.3 is 5.32 Å². The Hall–Kier alpha value is -2.54. The Balaban J connectivity index is 1.87. The molecule has 1 aromatic heterocycles. The lowest BCUT2D eigenvalue weighted by Gasteiger charge is -2.27. The van der Waals surface area contributed by atoms with Crippen molar-refractivity contribution in [2.45, 2.75) is 38.0 Å². The highest BCUT2D eigenvalue weighted by molar-refractivity contribution is 5.84. The van der Waals surface area contributed by atoms with E-state index in [0.717, 1.165) is 28.6 Å². The maximum Gasteiger partial charge on any atom is 0.116 e. The molecule has 1 fully saturated rings. The van der Waals surface area contributed by atoms with Crippen LogP contribution in [-0.2, 0) is 0 Å². The summed E-state index contributed by atoms with van der Waals surface area (Å²) in [7, 11) is 0. The van der Waals surface area contributed by atoms with Crippen molar-refractivity contribution in [1.82, 2.24) is 9.55 Å². The van der Waals surface area contributed by atoms with Gasteiger partial charge in [-0.15, -0.1) is 0 Å². The Morgan fingerprint density at radius 1 is 1.27 bits per heavy atom. The molecule has 0 saturated heterocycles. The Morgan fingerprint density at radius 3 is 2.86 bits per heavy atom. The molecule has 1 aliphatic carbocycles. The third kappa shape index (κ3) is 1.93. The molecule has 0 atom stereocenters. The Morgan fingerprint density at radius 2 is 2.09 bits per heavy atom. The number of nitriles is 1. The molecule has 2 aliphatic rings. The zero-order valence-electron chi connectivity index (χ0n) is 12.5. The van der Waals surface area contributed by atoms with E-state index in [4.69, 9.17) is 10.2 Å². The fraction of sp³-hybridized carbons (Fsp3) is 0.333. The third-order valence-electron chi connectivity index (χ3n) is 4.72. The van der Waals surface area contributed by atoms with Crippen molar-refractivity contribution in [3.63, 3.8) is 0 Å². The monoisotopic (exact) mass is 290 g/mol. The van der Waals surface area contributed by atoms with Gasteiger partial charge >= 0.3 is 0 Å². The van der Waals surface area contributed by atoms with Crippen LogP contribution in [0.25, 0.3) is 11.4 Å². The molecule has 1 saturated carbocycles. The van der Waals surface area contributed by atoms with Crippen molar-refractivity contribution >= 4 is 11.4 Å². The van der Waals surface area contributed by atoms with Crippen LogP contribution in [0.5, 0.6) is 0 Å². The minimum Gasteiger partial charge on any atom is -0.353 e. The molecule has 1 aliphatic heterocycles. The van der Waals surface area contributed by atoms with Gasteiger partial charge in [-0.2, -0.15) is 5.26 Å². The fourth-order valence-corrected chi connectivity index (χ4v) is 3.61. The van der Waals surface area contributed by atoms with Crippen LogP contribution >= 0.6 is 0 Å². The summed E-state index contributed by atoms with van der Waals surface area (Å²) >= 11 is 0. The van der Waals surface area contributed by atoms with Crippen molar-refractivity contribution in [3.05, 3.63) is 48.1 Å². The smallest absolute Gasteiger partial charge is 0.116 e. The topological polar surface area (TPSA) is 53.6 Å². The highest BCUT2D eigenvalue weighted by Crippen LogP contribution is 2.39. The van der Waals surface area contributed by atoms with Crippen molar-refractivity contribution in [2.24, 2.45) is 0 Å². The van der Waals surface area contributed by atoms with Crippen LogP contribution in [0.2, 0.25) is 0 Å².